The first-order valence-electron chi connectivity index (χ1n) is 8.39. The lowest BCUT2D eigenvalue weighted by molar-refractivity contribution is 0.0521. The molecule has 6 nitrogen and oxygen atoms in total. The Bertz CT molecular complexity index is 1100. The van der Waals surface area contributed by atoms with Crippen LogP contribution < -0.4 is 4.74 Å². The largest absolute Gasteiger partial charge is 0.494 e. The molecular formula is C19H17N3O3S. The van der Waals surface area contributed by atoms with E-state index in [0.717, 1.165) is 38.8 Å². The Morgan fingerprint density at radius 2 is 1.92 bits per heavy atom. The van der Waals surface area contributed by atoms with Gasteiger partial charge in [-0.1, -0.05) is 6.07 Å². The average Bonchev–Trinajstić information content (AvgIpc) is 3.25. The zero-order chi connectivity index (χ0) is 18.1. The standard InChI is InChI=1S/C19H17N3O3S/c1-3-24-12-6-8-14-13(10-12)17(18(20-14)19(23)25-4-2)11-5-7-15-16(9-11)22-26-21-15/h5-10,20H,3-4H2,1-2H3. The molecule has 0 saturated heterocycles. The van der Waals surface area contributed by atoms with Crippen LogP contribution in [0.2, 0.25) is 0 Å². The van der Waals surface area contributed by atoms with Gasteiger partial charge in [0.1, 0.15) is 22.5 Å². The molecule has 0 unspecified atom stereocenters. The molecule has 0 aliphatic heterocycles. The molecule has 0 saturated carbocycles. The molecule has 7 heteroatoms. The van der Waals surface area contributed by atoms with Gasteiger partial charge in [0.15, 0.2) is 0 Å². The first-order valence-corrected chi connectivity index (χ1v) is 9.12. The summed E-state index contributed by atoms with van der Waals surface area (Å²) < 4.78 is 19.4. The molecular weight excluding hydrogens is 350 g/mol. The topological polar surface area (TPSA) is 77.1 Å². The number of carbonyl (C=O) groups is 1. The van der Waals surface area contributed by atoms with E-state index in [-0.39, 0.29) is 5.97 Å². The van der Waals surface area contributed by atoms with E-state index in [1.807, 2.05) is 43.3 Å². The lowest BCUT2D eigenvalue weighted by atomic mass is 10.0. The van der Waals surface area contributed by atoms with Gasteiger partial charge in [-0.2, -0.15) is 8.75 Å². The summed E-state index contributed by atoms with van der Waals surface area (Å²) in [5.41, 5.74) is 4.59. The fourth-order valence-electron chi connectivity index (χ4n) is 3.02. The number of aromatic nitrogens is 3. The summed E-state index contributed by atoms with van der Waals surface area (Å²) in [5, 5.41) is 0.904. The zero-order valence-electron chi connectivity index (χ0n) is 14.4. The monoisotopic (exact) mass is 367 g/mol. The van der Waals surface area contributed by atoms with Crippen molar-refractivity contribution < 1.29 is 14.3 Å². The highest BCUT2D eigenvalue weighted by molar-refractivity contribution is 7.00. The minimum Gasteiger partial charge on any atom is -0.494 e. The van der Waals surface area contributed by atoms with Gasteiger partial charge in [-0.15, -0.1) is 0 Å². The number of hydrogen-bond donors (Lipinski definition) is 1. The Balaban J connectivity index is 1.97. The average molecular weight is 367 g/mol. The van der Waals surface area contributed by atoms with E-state index in [9.17, 15) is 4.79 Å². The number of aromatic amines is 1. The third-order valence-electron chi connectivity index (χ3n) is 4.10. The van der Waals surface area contributed by atoms with E-state index >= 15 is 0 Å². The number of ether oxygens (including phenoxy) is 2. The molecule has 0 aliphatic rings. The van der Waals surface area contributed by atoms with Crippen LogP contribution in [-0.4, -0.2) is 32.9 Å². The van der Waals surface area contributed by atoms with Crippen LogP contribution in [-0.2, 0) is 4.74 Å². The van der Waals surface area contributed by atoms with Gasteiger partial charge in [-0.25, -0.2) is 4.79 Å². The number of benzene rings is 2. The SMILES string of the molecule is CCOC(=O)c1[nH]c2ccc(OCC)cc2c1-c1ccc2nsnc2c1. The van der Waals surface area contributed by atoms with Gasteiger partial charge in [-0.3, -0.25) is 0 Å². The summed E-state index contributed by atoms with van der Waals surface area (Å²) in [6.45, 7) is 4.62. The molecule has 0 aliphatic carbocycles. The highest BCUT2D eigenvalue weighted by atomic mass is 32.1. The predicted octanol–water partition coefficient (Wildman–Crippen LogP) is 4.42. The molecule has 0 amide bonds. The summed E-state index contributed by atoms with van der Waals surface area (Å²) >= 11 is 1.17. The molecule has 2 heterocycles. The molecule has 2 aromatic heterocycles. The number of nitrogens with one attached hydrogen (secondary N) is 1. The highest BCUT2D eigenvalue weighted by Crippen LogP contribution is 2.36. The summed E-state index contributed by atoms with van der Waals surface area (Å²) in [6.07, 6.45) is 0. The Morgan fingerprint density at radius 1 is 1.08 bits per heavy atom. The number of esters is 1. The van der Waals surface area contributed by atoms with Gasteiger partial charge in [0.05, 0.1) is 24.9 Å². The summed E-state index contributed by atoms with van der Waals surface area (Å²) in [6, 6.07) is 11.5. The van der Waals surface area contributed by atoms with Crippen molar-refractivity contribution in [2.75, 3.05) is 13.2 Å². The van der Waals surface area contributed by atoms with Crippen LogP contribution in [0.1, 0.15) is 24.3 Å². The van der Waals surface area contributed by atoms with Crippen LogP contribution in [0.15, 0.2) is 36.4 Å². The van der Waals surface area contributed by atoms with E-state index in [2.05, 4.69) is 13.7 Å². The van der Waals surface area contributed by atoms with Crippen LogP contribution in [0.4, 0.5) is 0 Å². The van der Waals surface area contributed by atoms with Gasteiger partial charge in [-0.05, 0) is 49.7 Å². The first kappa shape index (κ1) is 16.5. The van der Waals surface area contributed by atoms with E-state index in [4.69, 9.17) is 9.47 Å². The Morgan fingerprint density at radius 3 is 2.73 bits per heavy atom. The van der Waals surface area contributed by atoms with Crippen LogP contribution in [0.25, 0.3) is 33.1 Å². The number of hydrogen-bond acceptors (Lipinski definition) is 6. The maximum absolute atomic E-state index is 12.5. The third kappa shape index (κ3) is 2.80. The van der Waals surface area contributed by atoms with Crippen molar-refractivity contribution in [3.8, 4) is 16.9 Å². The second-order valence-electron chi connectivity index (χ2n) is 5.70. The van der Waals surface area contributed by atoms with E-state index in [1.54, 1.807) is 6.92 Å². The van der Waals surface area contributed by atoms with E-state index in [0.29, 0.717) is 18.9 Å². The molecule has 0 bridgehead atoms. The Labute approximate surface area is 154 Å². The fraction of sp³-hybridized carbons (Fsp3) is 0.211. The van der Waals surface area contributed by atoms with Gasteiger partial charge in [0.25, 0.3) is 0 Å². The highest BCUT2D eigenvalue weighted by Gasteiger charge is 2.21. The smallest absolute Gasteiger partial charge is 0.355 e. The second kappa shape index (κ2) is 6.76. The summed E-state index contributed by atoms with van der Waals surface area (Å²) in [4.78, 5) is 15.7. The van der Waals surface area contributed by atoms with Crippen molar-refractivity contribution in [3.63, 3.8) is 0 Å². The van der Waals surface area contributed by atoms with E-state index in [1.165, 1.54) is 11.7 Å². The summed E-state index contributed by atoms with van der Waals surface area (Å²) in [5.74, 6) is 0.375. The molecule has 2 aromatic carbocycles. The lowest BCUT2D eigenvalue weighted by Gasteiger charge is -2.06. The molecule has 0 fully saturated rings. The Hall–Kier alpha value is -2.93. The number of nitrogens with zero attached hydrogens (tertiary/aromatic N) is 2. The maximum Gasteiger partial charge on any atom is 0.355 e. The van der Waals surface area contributed by atoms with Crippen LogP contribution in [0.5, 0.6) is 5.75 Å². The van der Waals surface area contributed by atoms with Crippen LogP contribution in [0, 0.1) is 0 Å². The van der Waals surface area contributed by atoms with E-state index < -0.39 is 0 Å². The molecule has 4 aromatic rings. The van der Waals surface area contributed by atoms with Crippen LogP contribution in [0.3, 0.4) is 0 Å². The Kier molecular flexibility index (Phi) is 4.30. The number of rotatable bonds is 5. The minimum atomic E-state index is -0.381. The number of fused-ring (bicyclic) bond motifs is 2. The molecule has 26 heavy (non-hydrogen) atoms. The van der Waals surface area contributed by atoms with Crippen LogP contribution >= 0.6 is 11.7 Å². The van der Waals surface area contributed by atoms with Crippen molar-refractivity contribution >= 4 is 39.6 Å². The maximum atomic E-state index is 12.5. The molecule has 4 rings (SSSR count). The molecule has 132 valence electrons. The van der Waals surface area contributed by atoms with Gasteiger partial charge in [0.2, 0.25) is 0 Å². The minimum absolute atomic E-state index is 0.312. The van der Waals surface area contributed by atoms with Crippen molar-refractivity contribution in [2.24, 2.45) is 0 Å². The van der Waals surface area contributed by atoms with Crippen molar-refractivity contribution in [2.45, 2.75) is 13.8 Å². The molecule has 0 radical (unpaired) electrons. The van der Waals surface area contributed by atoms with Crippen molar-refractivity contribution in [1.29, 1.82) is 0 Å². The molecule has 0 spiro atoms. The van der Waals surface area contributed by atoms with Gasteiger partial charge in [0, 0.05) is 16.5 Å². The lowest BCUT2D eigenvalue weighted by Crippen LogP contribution is -2.06. The van der Waals surface area contributed by atoms with Crippen molar-refractivity contribution in [3.05, 3.63) is 42.1 Å². The zero-order valence-corrected chi connectivity index (χ0v) is 15.2. The van der Waals surface area contributed by atoms with Gasteiger partial charge >= 0.3 is 5.97 Å². The first-order chi connectivity index (χ1) is 12.7. The normalized spacial score (nSPS) is 11.2. The summed E-state index contributed by atoms with van der Waals surface area (Å²) in [7, 11) is 0. The van der Waals surface area contributed by atoms with Gasteiger partial charge < -0.3 is 14.5 Å². The van der Waals surface area contributed by atoms with Crippen molar-refractivity contribution in [1.82, 2.24) is 13.7 Å². The number of carbonyl (C=O) groups excluding carboxylic acids is 1. The second-order valence-corrected chi connectivity index (χ2v) is 6.23. The molecule has 0 atom stereocenters. The molecule has 1 N–H and O–H groups in total. The third-order valence-corrected chi connectivity index (χ3v) is 4.66. The fourth-order valence-corrected chi connectivity index (χ4v) is 3.54. The quantitative estimate of drug-likeness (QED) is 0.529. The number of H-pyrrole nitrogens is 1. The predicted molar refractivity (Wildman–Crippen MR) is 102 cm³/mol.